The summed E-state index contributed by atoms with van der Waals surface area (Å²) in [6.45, 7) is 4.70. The highest BCUT2D eigenvalue weighted by atomic mass is 16.3. The van der Waals surface area contributed by atoms with E-state index in [1.165, 1.54) is 32.1 Å². The minimum Gasteiger partial charge on any atom is -0.396 e. The number of hydrogen-bond donors (Lipinski definition) is 2. The molecule has 0 amide bonds. The van der Waals surface area contributed by atoms with E-state index in [4.69, 9.17) is 5.11 Å². The molecule has 0 spiro atoms. The Morgan fingerprint density at radius 2 is 1.86 bits per heavy atom. The van der Waals surface area contributed by atoms with Crippen LogP contribution in [0.5, 0.6) is 0 Å². The molecular formula is C12H25NO. The second-order valence-electron chi connectivity index (χ2n) is 4.84. The Morgan fingerprint density at radius 1 is 1.21 bits per heavy atom. The highest BCUT2D eigenvalue weighted by Crippen LogP contribution is 2.27. The van der Waals surface area contributed by atoms with E-state index in [-0.39, 0.29) is 0 Å². The molecular weight excluding hydrogens is 174 g/mol. The number of aliphatic hydroxyl groups is 1. The lowest BCUT2D eigenvalue weighted by Gasteiger charge is -2.32. The van der Waals surface area contributed by atoms with Gasteiger partial charge in [-0.05, 0) is 25.2 Å². The molecule has 84 valence electrons. The first-order valence-corrected chi connectivity index (χ1v) is 6.11. The lowest BCUT2D eigenvalue weighted by atomic mass is 9.82. The molecule has 0 aliphatic heterocycles. The SMILES string of the molecule is CC(C)N[C@@H](CCO)C1CCCCC1. The average Bonchev–Trinajstić information content (AvgIpc) is 2.18. The van der Waals surface area contributed by atoms with Gasteiger partial charge in [-0.2, -0.15) is 0 Å². The molecule has 0 aromatic carbocycles. The van der Waals surface area contributed by atoms with E-state index in [2.05, 4.69) is 19.2 Å². The van der Waals surface area contributed by atoms with Crippen LogP contribution in [0, 0.1) is 5.92 Å². The van der Waals surface area contributed by atoms with Gasteiger partial charge in [0, 0.05) is 18.7 Å². The number of nitrogens with one attached hydrogen (secondary N) is 1. The third-order valence-corrected chi connectivity index (χ3v) is 3.21. The largest absolute Gasteiger partial charge is 0.396 e. The second kappa shape index (κ2) is 6.41. The maximum atomic E-state index is 9.04. The van der Waals surface area contributed by atoms with Crippen molar-refractivity contribution in [1.29, 1.82) is 0 Å². The van der Waals surface area contributed by atoms with Crippen molar-refractivity contribution in [3.05, 3.63) is 0 Å². The van der Waals surface area contributed by atoms with E-state index < -0.39 is 0 Å². The number of aliphatic hydroxyl groups excluding tert-OH is 1. The average molecular weight is 199 g/mol. The molecule has 1 rings (SSSR count). The Bertz CT molecular complexity index is 141. The predicted octanol–water partition coefficient (Wildman–Crippen LogP) is 2.32. The number of rotatable bonds is 5. The molecule has 2 nitrogen and oxygen atoms in total. The van der Waals surface area contributed by atoms with Gasteiger partial charge in [0.25, 0.3) is 0 Å². The van der Waals surface area contributed by atoms with Crippen LogP contribution in [0.4, 0.5) is 0 Å². The summed E-state index contributed by atoms with van der Waals surface area (Å²) < 4.78 is 0. The molecule has 0 aromatic rings. The van der Waals surface area contributed by atoms with Gasteiger partial charge in [-0.3, -0.25) is 0 Å². The molecule has 0 aromatic heterocycles. The highest BCUT2D eigenvalue weighted by Gasteiger charge is 2.23. The zero-order valence-corrected chi connectivity index (χ0v) is 9.63. The Labute approximate surface area is 88.1 Å². The lowest BCUT2D eigenvalue weighted by molar-refractivity contribution is 0.200. The van der Waals surface area contributed by atoms with Crippen molar-refractivity contribution < 1.29 is 5.11 Å². The van der Waals surface area contributed by atoms with Crippen molar-refractivity contribution >= 4 is 0 Å². The van der Waals surface area contributed by atoms with Gasteiger partial charge in [-0.25, -0.2) is 0 Å². The zero-order chi connectivity index (χ0) is 10.4. The standard InChI is InChI=1S/C12H25NO/c1-10(2)13-12(8-9-14)11-6-4-3-5-7-11/h10-14H,3-9H2,1-2H3/t12-/m0/s1. The fourth-order valence-electron chi connectivity index (χ4n) is 2.56. The molecule has 1 fully saturated rings. The van der Waals surface area contributed by atoms with Gasteiger partial charge in [0.15, 0.2) is 0 Å². The maximum Gasteiger partial charge on any atom is 0.0445 e. The fraction of sp³-hybridized carbons (Fsp3) is 1.00. The van der Waals surface area contributed by atoms with Gasteiger partial charge in [0.05, 0.1) is 0 Å². The molecule has 2 heteroatoms. The van der Waals surface area contributed by atoms with E-state index in [1.807, 2.05) is 0 Å². The number of hydrogen-bond acceptors (Lipinski definition) is 2. The quantitative estimate of drug-likeness (QED) is 0.712. The summed E-state index contributed by atoms with van der Waals surface area (Å²) >= 11 is 0. The van der Waals surface area contributed by atoms with Crippen molar-refractivity contribution in [2.75, 3.05) is 6.61 Å². The smallest absolute Gasteiger partial charge is 0.0445 e. The molecule has 1 aliphatic carbocycles. The van der Waals surface area contributed by atoms with E-state index in [9.17, 15) is 0 Å². The van der Waals surface area contributed by atoms with Gasteiger partial charge in [0.1, 0.15) is 0 Å². The van der Waals surface area contributed by atoms with Gasteiger partial charge in [0.2, 0.25) is 0 Å². The topological polar surface area (TPSA) is 32.3 Å². The molecule has 1 aliphatic rings. The van der Waals surface area contributed by atoms with Crippen LogP contribution in [-0.2, 0) is 0 Å². The van der Waals surface area contributed by atoms with Gasteiger partial charge < -0.3 is 10.4 Å². The molecule has 2 N–H and O–H groups in total. The predicted molar refractivity (Wildman–Crippen MR) is 60.3 cm³/mol. The third kappa shape index (κ3) is 3.97. The first-order valence-electron chi connectivity index (χ1n) is 6.11. The maximum absolute atomic E-state index is 9.04. The zero-order valence-electron chi connectivity index (χ0n) is 9.63. The Balaban J connectivity index is 2.38. The third-order valence-electron chi connectivity index (χ3n) is 3.21. The Morgan fingerprint density at radius 3 is 2.36 bits per heavy atom. The molecule has 14 heavy (non-hydrogen) atoms. The van der Waals surface area contributed by atoms with Crippen LogP contribution in [0.2, 0.25) is 0 Å². The van der Waals surface area contributed by atoms with Crippen LogP contribution >= 0.6 is 0 Å². The molecule has 0 radical (unpaired) electrons. The van der Waals surface area contributed by atoms with Gasteiger partial charge >= 0.3 is 0 Å². The normalized spacial score (nSPS) is 21.4. The van der Waals surface area contributed by atoms with Gasteiger partial charge in [-0.1, -0.05) is 33.1 Å². The summed E-state index contributed by atoms with van der Waals surface area (Å²) in [4.78, 5) is 0. The van der Waals surface area contributed by atoms with E-state index in [1.54, 1.807) is 0 Å². The van der Waals surface area contributed by atoms with Crippen LogP contribution in [0.25, 0.3) is 0 Å². The first-order chi connectivity index (χ1) is 6.74. The minimum atomic E-state index is 0.320. The van der Waals surface area contributed by atoms with Crippen LogP contribution in [0.1, 0.15) is 52.4 Å². The molecule has 0 unspecified atom stereocenters. The van der Waals surface area contributed by atoms with Crippen molar-refractivity contribution in [2.24, 2.45) is 5.92 Å². The molecule has 0 saturated heterocycles. The van der Waals surface area contributed by atoms with Crippen LogP contribution in [-0.4, -0.2) is 23.8 Å². The first kappa shape index (κ1) is 12.0. The fourth-order valence-corrected chi connectivity index (χ4v) is 2.56. The molecule has 0 heterocycles. The second-order valence-corrected chi connectivity index (χ2v) is 4.84. The van der Waals surface area contributed by atoms with Gasteiger partial charge in [-0.15, -0.1) is 0 Å². The van der Waals surface area contributed by atoms with Crippen LogP contribution in [0.3, 0.4) is 0 Å². The summed E-state index contributed by atoms with van der Waals surface area (Å²) in [5.74, 6) is 0.804. The summed E-state index contributed by atoms with van der Waals surface area (Å²) in [6, 6.07) is 1.08. The summed E-state index contributed by atoms with van der Waals surface area (Å²) in [7, 11) is 0. The van der Waals surface area contributed by atoms with Crippen LogP contribution < -0.4 is 5.32 Å². The van der Waals surface area contributed by atoms with Crippen molar-refractivity contribution in [3.63, 3.8) is 0 Å². The molecule has 1 saturated carbocycles. The Hall–Kier alpha value is -0.0800. The highest BCUT2D eigenvalue weighted by molar-refractivity contribution is 4.80. The monoisotopic (exact) mass is 199 g/mol. The van der Waals surface area contributed by atoms with Crippen molar-refractivity contribution in [1.82, 2.24) is 5.32 Å². The summed E-state index contributed by atoms with van der Waals surface area (Å²) in [5.41, 5.74) is 0. The van der Waals surface area contributed by atoms with E-state index in [0.717, 1.165) is 12.3 Å². The van der Waals surface area contributed by atoms with Crippen molar-refractivity contribution in [2.45, 2.75) is 64.5 Å². The van der Waals surface area contributed by atoms with Crippen LogP contribution in [0.15, 0.2) is 0 Å². The summed E-state index contributed by atoms with van der Waals surface area (Å²) in [5, 5.41) is 12.6. The molecule has 1 atom stereocenters. The van der Waals surface area contributed by atoms with E-state index in [0.29, 0.717) is 18.7 Å². The van der Waals surface area contributed by atoms with E-state index >= 15 is 0 Å². The van der Waals surface area contributed by atoms with Crippen molar-refractivity contribution in [3.8, 4) is 0 Å². The summed E-state index contributed by atoms with van der Waals surface area (Å²) in [6.07, 6.45) is 7.79. The lowest BCUT2D eigenvalue weighted by Crippen LogP contribution is -2.41. The molecule has 0 bridgehead atoms. The minimum absolute atomic E-state index is 0.320. The Kier molecular flexibility index (Phi) is 5.49.